The van der Waals surface area contributed by atoms with E-state index in [4.69, 9.17) is 10.00 Å². The Morgan fingerprint density at radius 2 is 2.05 bits per heavy atom. The van der Waals surface area contributed by atoms with Crippen molar-refractivity contribution in [2.75, 3.05) is 12.4 Å². The van der Waals surface area contributed by atoms with Gasteiger partial charge in [-0.25, -0.2) is 0 Å². The third-order valence-corrected chi connectivity index (χ3v) is 2.79. The first-order valence-electron chi connectivity index (χ1n) is 5.96. The summed E-state index contributed by atoms with van der Waals surface area (Å²) in [5, 5.41) is 12.1. The molecule has 96 valence electrons. The third-order valence-electron chi connectivity index (χ3n) is 2.79. The minimum absolute atomic E-state index is 0.668. The van der Waals surface area contributed by atoms with Crippen molar-refractivity contribution >= 4 is 5.69 Å². The molecule has 0 bridgehead atoms. The van der Waals surface area contributed by atoms with Gasteiger partial charge in [-0.15, -0.1) is 0 Å². The number of anilines is 1. The Bertz CT molecular complexity index is 600. The number of aromatic nitrogens is 1. The summed E-state index contributed by atoms with van der Waals surface area (Å²) < 4.78 is 5.26. The molecule has 0 aliphatic rings. The number of nitrogens with zero attached hydrogens (tertiary/aromatic N) is 2. The van der Waals surface area contributed by atoms with Gasteiger partial charge in [0.05, 0.1) is 30.6 Å². The van der Waals surface area contributed by atoms with E-state index in [1.807, 2.05) is 37.3 Å². The molecule has 1 N–H and O–H groups in total. The molecule has 0 aliphatic carbocycles. The number of benzene rings is 1. The van der Waals surface area contributed by atoms with Gasteiger partial charge < -0.3 is 10.1 Å². The third kappa shape index (κ3) is 3.23. The maximum atomic E-state index is 8.75. The van der Waals surface area contributed by atoms with Gasteiger partial charge in [0.25, 0.3) is 0 Å². The van der Waals surface area contributed by atoms with E-state index in [0.717, 1.165) is 22.7 Å². The Morgan fingerprint density at radius 3 is 2.68 bits per heavy atom. The molecule has 0 saturated heterocycles. The molecule has 0 spiro atoms. The summed E-state index contributed by atoms with van der Waals surface area (Å²) in [6, 6.07) is 11.5. The lowest BCUT2D eigenvalue weighted by Gasteiger charge is -2.11. The van der Waals surface area contributed by atoms with Gasteiger partial charge in [0.1, 0.15) is 0 Å². The zero-order chi connectivity index (χ0) is 13.7. The second kappa shape index (κ2) is 5.87. The summed E-state index contributed by atoms with van der Waals surface area (Å²) in [6.45, 7) is 2.61. The molecule has 4 nitrogen and oxygen atoms in total. The molecule has 2 aromatic rings. The predicted octanol–water partition coefficient (Wildman–Crippen LogP) is 2.88. The van der Waals surface area contributed by atoms with Crippen LogP contribution in [0.3, 0.4) is 0 Å². The standard InChI is InChI=1S/C15H15N3O/c1-11-7-14(15(19-2)10-17-11)18-9-13-5-3-12(8-16)4-6-13/h3-7,10H,9H2,1-2H3,(H,17,18). The normalized spacial score (nSPS) is 9.74. The minimum atomic E-state index is 0.668. The van der Waals surface area contributed by atoms with Gasteiger partial charge >= 0.3 is 0 Å². The molecule has 1 aromatic heterocycles. The van der Waals surface area contributed by atoms with E-state index in [-0.39, 0.29) is 0 Å². The molecule has 1 heterocycles. The van der Waals surface area contributed by atoms with Crippen LogP contribution in [0.15, 0.2) is 36.5 Å². The number of nitriles is 1. The SMILES string of the molecule is COc1cnc(C)cc1NCc1ccc(C#N)cc1. The fourth-order valence-electron chi connectivity index (χ4n) is 1.74. The Labute approximate surface area is 112 Å². The zero-order valence-corrected chi connectivity index (χ0v) is 11.0. The van der Waals surface area contributed by atoms with Crippen LogP contribution in [0.4, 0.5) is 5.69 Å². The summed E-state index contributed by atoms with van der Waals surface area (Å²) >= 11 is 0. The number of pyridine rings is 1. The van der Waals surface area contributed by atoms with Crippen molar-refractivity contribution in [2.24, 2.45) is 0 Å². The molecular formula is C15H15N3O. The second-order valence-electron chi connectivity index (χ2n) is 4.19. The average Bonchev–Trinajstić information content (AvgIpc) is 2.46. The summed E-state index contributed by atoms with van der Waals surface area (Å²) in [5.74, 6) is 0.722. The maximum absolute atomic E-state index is 8.75. The topological polar surface area (TPSA) is 57.9 Å². The Balaban J connectivity index is 2.09. The highest BCUT2D eigenvalue weighted by molar-refractivity contribution is 5.56. The number of hydrogen-bond donors (Lipinski definition) is 1. The number of rotatable bonds is 4. The highest BCUT2D eigenvalue weighted by atomic mass is 16.5. The van der Waals surface area contributed by atoms with Crippen molar-refractivity contribution in [3.63, 3.8) is 0 Å². The van der Waals surface area contributed by atoms with E-state index >= 15 is 0 Å². The van der Waals surface area contributed by atoms with Crippen LogP contribution in [-0.4, -0.2) is 12.1 Å². The molecule has 0 unspecified atom stereocenters. The minimum Gasteiger partial charge on any atom is -0.493 e. The number of methoxy groups -OCH3 is 1. The van der Waals surface area contributed by atoms with Gasteiger partial charge in [-0.3, -0.25) is 4.98 Å². The Kier molecular flexibility index (Phi) is 3.99. The van der Waals surface area contributed by atoms with Crippen LogP contribution in [0.2, 0.25) is 0 Å². The van der Waals surface area contributed by atoms with Gasteiger partial charge in [0.2, 0.25) is 0 Å². The molecule has 2 rings (SSSR count). The fourth-order valence-corrected chi connectivity index (χ4v) is 1.74. The highest BCUT2D eigenvalue weighted by Crippen LogP contribution is 2.24. The molecule has 0 atom stereocenters. The van der Waals surface area contributed by atoms with Crippen molar-refractivity contribution in [2.45, 2.75) is 13.5 Å². The molecular weight excluding hydrogens is 238 g/mol. The first kappa shape index (κ1) is 12.9. The fraction of sp³-hybridized carbons (Fsp3) is 0.200. The quantitative estimate of drug-likeness (QED) is 0.910. The van der Waals surface area contributed by atoms with Gasteiger partial charge in [-0.05, 0) is 30.7 Å². The Hall–Kier alpha value is -2.54. The lowest BCUT2D eigenvalue weighted by molar-refractivity contribution is 0.414. The summed E-state index contributed by atoms with van der Waals surface area (Å²) in [5.41, 5.74) is 3.62. The van der Waals surface area contributed by atoms with E-state index < -0.39 is 0 Å². The van der Waals surface area contributed by atoms with Crippen LogP contribution in [0, 0.1) is 18.3 Å². The molecule has 0 radical (unpaired) electrons. The first-order valence-corrected chi connectivity index (χ1v) is 5.96. The summed E-state index contributed by atoms with van der Waals surface area (Å²) in [6.07, 6.45) is 1.70. The predicted molar refractivity (Wildman–Crippen MR) is 74.0 cm³/mol. The monoisotopic (exact) mass is 253 g/mol. The highest BCUT2D eigenvalue weighted by Gasteiger charge is 2.03. The molecule has 0 aliphatic heterocycles. The average molecular weight is 253 g/mol. The number of ether oxygens (including phenoxy) is 1. The van der Waals surface area contributed by atoms with Crippen molar-refractivity contribution in [1.29, 1.82) is 5.26 Å². The number of nitrogens with one attached hydrogen (secondary N) is 1. The molecule has 0 amide bonds. The van der Waals surface area contributed by atoms with Crippen molar-refractivity contribution in [3.8, 4) is 11.8 Å². The van der Waals surface area contributed by atoms with Crippen molar-refractivity contribution in [1.82, 2.24) is 4.98 Å². The van der Waals surface area contributed by atoms with Crippen LogP contribution >= 0.6 is 0 Å². The largest absolute Gasteiger partial charge is 0.493 e. The van der Waals surface area contributed by atoms with Crippen LogP contribution in [0.5, 0.6) is 5.75 Å². The number of hydrogen-bond acceptors (Lipinski definition) is 4. The molecule has 0 saturated carbocycles. The van der Waals surface area contributed by atoms with E-state index in [0.29, 0.717) is 12.1 Å². The molecule has 1 aromatic carbocycles. The summed E-state index contributed by atoms with van der Waals surface area (Å²) in [7, 11) is 1.62. The molecule has 19 heavy (non-hydrogen) atoms. The van der Waals surface area contributed by atoms with Gasteiger partial charge in [-0.2, -0.15) is 5.26 Å². The molecule has 4 heteroatoms. The van der Waals surface area contributed by atoms with Crippen LogP contribution in [0.25, 0.3) is 0 Å². The van der Waals surface area contributed by atoms with Gasteiger partial charge in [-0.1, -0.05) is 12.1 Å². The Morgan fingerprint density at radius 1 is 1.32 bits per heavy atom. The van der Waals surface area contributed by atoms with Crippen LogP contribution in [-0.2, 0) is 6.54 Å². The van der Waals surface area contributed by atoms with Crippen molar-refractivity contribution < 1.29 is 4.74 Å². The summed E-state index contributed by atoms with van der Waals surface area (Å²) in [4.78, 5) is 4.19. The van der Waals surface area contributed by atoms with E-state index in [1.165, 1.54) is 0 Å². The second-order valence-corrected chi connectivity index (χ2v) is 4.19. The lowest BCUT2D eigenvalue weighted by atomic mass is 10.1. The van der Waals surface area contributed by atoms with E-state index in [1.54, 1.807) is 13.3 Å². The van der Waals surface area contributed by atoms with Crippen LogP contribution < -0.4 is 10.1 Å². The van der Waals surface area contributed by atoms with Gasteiger partial charge in [0.15, 0.2) is 5.75 Å². The van der Waals surface area contributed by atoms with Crippen LogP contribution in [0.1, 0.15) is 16.8 Å². The smallest absolute Gasteiger partial charge is 0.160 e. The van der Waals surface area contributed by atoms with Gasteiger partial charge in [0, 0.05) is 12.2 Å². The number of aryl methyl sites for hydroxylation is 1. The van der Waals surface area contributed by atoms with E-state index in [9.17, 15) is 0 Å². The lowest BCUT2D eigenvalue weighted by Crippen LogP contribution is -2.02. The van der Waals surface area contributed by atoms with E-state index in [2.05, 4.69) is 16.4 Å². The maximum Gasteiger partial charge on any atom is 0.160 e. The van der Waals surface area contributed by atoms with Crippen molar-refractivity contribution in [3.05, 3.63) is 53.3 Å². The molecule has 0 fully saturated rings. The first-order chi connectivity index (χ1) is 9.22. The zero-order valence-electron chi connectivity index (χ0n) is 11.0.